The number of carboxylic acids is 1. The van der Waals surface area contributed by atoms with Gasteiger partial charge in [-0.3, -0.25) is 4.79 Å². The number of rotatable bonds is 9. The third kappa shape index (κ3) is 5.29. The number of nitrogens with one attached hydrogen (secondary N) is 1. The zero-order valence-electron chi connectivity index (χ0n) is 19.1. The molecule has 0 spiro atoms. The average molecular weight is 456 g/mol. The highest BCUT2D eigenvalue weighted by Crippen LogP contribution is 2.31. The van der Waals surface area contributed by atoms with Gasteiger partial charge in [-0.1, -0.05) is 18.6 Å². The first-order valence-corrected chi connectivity index (χ1v) is 11.3. The Morgan fingerprint density at radius 2 is 2.18 bits per heavy atom. The van der Waals surface area contributed by atoms with Gasteiger partial charge >= 0.3 is 5.97 Å². The molecule has 0 radical (unpaired) electrons. The lowest BCUT2D eigenvalue weighted by molar-refractivity contribution is -0.143. The third-order valence-electron chi connectivity index (χ3n) is 5.82. The lowest BCUT2D eigenvalue weighted by Crippen LogP contribution is -2.29. The summed E-state index contributed by atoms with van der Waals surface area (Å²) in [4.78, 5) is 20.4. The molecule has 11 nitrogen and oxygen atoms in total. The van der Waals surface area contributed by atoms with Crippen molar-refractivity contribution in [3.05, 3.63) is 23.7 Å². The highest BCUT2D eigenvalue weighted by molar-refractivity contribution is 5.71. The number of hydrogen-bond donors (Lipinski definition) is 2. The van der Waals surface area contributed by atoms with Crippen molar-refractivity contribution in [2.45, 2.75) is 64.9 Å². The van der Waals surface area contributed by atoms with Gasteiger partial charge in [-0.25, -0.2) is 9.67 Å². The zero-order valence-corrected chi connectivity index (χ0v) is 19.1. The van der Waals surface area contributed by atoms with E-state index in [9.17, 15) is 9.90 Å². The lowest BCUT2D eigenvalue weighted by atomic mass is 9.87. The number of nitrogens with zero attached hydrogens (tertiary/aromatic N) is 6. The van der Waals surface area contributed by atoms with Crippen LogP contribution in [-0.2, 0) is 18.3 Å². The van der Waals surface area contributed by atoms with E-state index in [1.165, 1.54) is 0 Å². The molecule has 1 fully saturated rings. The Morgan fingerprint density at radius 3 is 2.94 bits per heavy atom. The zero-order chi connectivity index (χ0) is 23.4. The van der Waals surface area contributed by atoms with Crippen molar-refractivity contribution >= 4 is 17.7 Å². The Kier molecular flexibility index (Phi) is 6.85. The van der Waals surface area contributed by atoms with Crippen LogP contribution in [-0.4, -0.2) is 47.3 Å². The summed E-state index contributed by atoms with van der Waals surface area (Å²) in [5.74, 6) is 1.06. The first-order chi connectivity index (χ1) is 15.9. The summed E-state index contributed by atoms with van der Waals surface area (Å²) in [6.07, 6.45) is 5.54. The van der Waals surface area contributed by atoms with Gasteiger partial charge in [0.25, 0.3) is 5.95 Å². The van der Waals surface area contributed by atoms with Gasteiger partial charge in [0.05, 0.1) is 23.4 Å². The summed E-state index contributed by atoms with van der Waals surface area (Å²) in [6.45, 7) is 3.97. The quantitative estimate of drug-likeness (QED) is 0.491. The maximum absolute atomic E-state index is 11.3. The van der Waals surface area contributed by atoms with E-state index in [2.05, 4.69) is 37.7 Å². The van der Waals surface area contributed by atoms with E-state index < -0.39 is 5.97 Å². The molecule has 3 heterocycles. The summed E-state index contributed by atoms with van der Waals surface area (Å²) in [6, 6.07) is 3.66. The lowest BCUT2D eigenvalue weighted by Gasteiger charge is -2.27. The normalized spacial score (nSPS) is 18.3. The summed E-state index contributed by atoms with van der Waals surface area (Å²) in [7, 11) is 1.77. The number of aryl methyl sites for hydroxylation is 3. The number of ether oxygens (including phenoxy) is 1. The second kappa shape index (κ2) is 9.97. The van der Waals surface area contributed by atoms with Crippen LogP contribution < -0.4 is 10.1 Å². The van der Waals surface area contributed by atoms with Crippen LogP contribution in [0.2, 0.25) is 0 Å². The number of hydrogen-bond acceptors (Lipinski definition) is 9. The minimum absolute atomic E-state index is 0.125. The first kappa shape index (κ1) is 22.7. The molecule has 33 heavy (non-hydrogen) atoms. The van der Waals surface area contributed by atoms with Crippen LogP contribution in [0.15, 0.2) is 16.7 Å². The van der Waals surface area contributed by atoms with Crippen molar-refractivity contribution in [1.82, 2.24) is 30.1 Å². The maximum atomic E-state index is 11.3. The monoisotopic (exact) mass is 455 g/mol. The molecular weight excluding hydrogens is 426 g/mol. The van der Waals surface area contributed by atoms with Crippen molar-refractivity contribution in [2.24, 2.45) is 13.0 Å². The maximum Gasteiger partial charge on any atom is 0.306 e. The van der Waals surface area contributed by atoms with Gasteiger partial charge in [0.1, 0.15) is 5.75 Å². The van der Waals surface area contributed by atoms with Crippen LogP contribution in [0, 0.1) is 12.8 Å². The molecule has 1 aliphatic carbocycles. The molecule has 0 amide bonds. The molecule has 3 aromatic heterocycles. The van der Waals surface area contributed by atoms with Crippen LogP contribution >= 0.6 is 0 Å². The SMILES string of the molecule is CCCCc1nc(Nc2c(-c3ccc(OC4CCC[C@H](C(=O)O)C4)c(C)n3)nnn2C)no1. The highest BCUT2D eigenvalue weighted by Gasteiger charge is 2.28. The van der Waals surface area contributed by atoms with Crippen molar-refractivity contribution in [2.75, 3.05) is 5.32 Å². The Hall–Kier alpha value is -3.50. The Balaban J connectivity index is 1.49. The Labute approximate surface area is 191 Å². The third-order valence-corrected chi connectivity index (χ3v) is 5.82. The van der Waals surface area contributed by atoms with Crippen molar-refractivity contribution in [3.63, 3.8) is 0 Å². The van der Waals surface area contributed by atoms with E-state index in [0.29, 0.717) is 53.3 Å². The van der Waals surface area contributed by atoms with Crippen molar-refractivity contribution in [1.29, 1.82) is 0 Å². The molecular formula is C22H29N7O4. The van der Waals surface area contributed by atoms with Gasteiger partial charge in [-0.05, 0) is 56.3 Å². The molecule has 4 rings (SSSR count). The van der Waals surface area contributed by atoms with Gasteiger partial charge in [-0.15, -0.1) is 5.10 Å². The highest BCUT2D eigenvalue weighted by atomic mass is 16.5. The molecule has 2 atom stereocenters. The number of anilines is 2. The van der Waals surface area contributed by atoms with E-state index in [-0.39, 0.29) is 12.0 Å². The van der Waals surface area contributed by atoms with Gasteiger partial charge in [-0.2, -0.15) is 4.98 Å². The smallest absolute Gasteiger partial charge is 0.306 e. The van der Waals surface area contributed by atoms with Crippen LogP contribution in [0.1, 0.15) is 57.0 Å². The predicted octanol–water partition coefficient (Wildman–Crippen LogP) is 3.68. The fourth-order valence-corrected chi connectivity index (χ4v) is 3.97. The van der Waals surface area contributed by atoms with E-state index in [4.69, 9.17) is 9.26 Å². The number of carboxylic acid groups (broad SMARTS) is 1. The fourth-order valence-electron chi connectivity index (χ4n) is 3.97. The van der Waals surface area contributed by atoms with Crippen molar-refractivity contribution < 1.29 is 19.2 Å². The van der Waals surface area contributed by atoms with E-state index in [1.807, 2.05) is 19.1 Å². The molecule has 176 valence electrons. The number of unbranched alkanes of at least 4 members (excludes halogenated alkanes) is 1. The summed E-state index contributed by atoms with van der Waals surface area (Å²) in [5.41, 5.74) is 1.87. The van der Waals surface area contributed by atoms with E-state index in [0.717, 1.165) is 32.1 Å². The molecule has 2 N–H and O–H groups in total. The number of aliphatic carboxylic acids is 1. The summed E-state index contributed by atoms with van der Waals surface area (Å²) in [5, 5.41) is 24.8. The van der Waals surface area contributed by atoms with Crippen LogP contribution in [0.4, 0.5) is 11.8 Å². The predicted molar refractivity (Wildman–Crippen MR) is 119 cm³/mol. The minimum atomic E-state index is -0.754. The van der Waals surface area contributed by atoms with Crippen LogP contribution in [0.5, 0.6) is 5.75 Å². The number of carbonyl (C=O) groups is 1. The molecule has 1 unspecified atom stereocenters. The second-order valence-corrected chi connectivity index (χ2v) is 8.37. The number of aromatic nitrogens is 6. The van der Waals surface area contributed by atoms with E-state index >= 15 is 0 Å². The molecule has 1 aliphatic rings. The van der Waals surface area contributed by atoms with Gasteiger partial charge in [0, 0.05) is 13.5 Å². The van der Waals surface area contributed by atoms with Crippen molar-refractivity contribution in [3.8, 4) is 17.1 Å². The molecule has 3 aromatic rings. The summed E-state index contributed by atoms with van der Waals surface area (Å²) >= 11 is 0. The molecule has 0 aromatic carbocycles. The summed E-state index contributed by atoms with van der Waals surface area (Å²) < 4.78 is 13.0. The van der Waals surface area contributed by atoms with Gasteiger partial charge in [0.15, 0.2) is 11.5 Å². The van der Waals surface area contributed by atoms with Gasteiger partial charge in [0.2, 0.25) is 5.89 Å². The van der Waals surface area contributed by atoms with Gasteiger partial charge < -0.3 is 19.7 Å². The number of pyridine rings is 1. The molecule has 11 heteroatoms. The fraction of sp³-hybridized carbons (Fsp3) is 0.545. The molecule has 0 saturated heterocycles. The molecule has 1 saturated carbocycles. The second-order valence-electron chi connectivity index (χ2n) is 8.37. The standard InChI is InChI=1S/C22H29N7O4/c1-4-5-9-18-24-22(27-33-18)25-20-19(26-28-29(20)3)16-10-11-17(13(2)23-16)32-15-8-6-7-14(12-15)21(30)31/h10-11,14-15H,4-9,12H2,1-3H3,(H,25,27)(H,30,31)/t14-,15?/m0/s1. The topological polar surface area (TPSA) is 141 Å². The van der Waals surface area contributed by atoms with E-state index in [1.54, 1.807) is 11.7 Å². The molecule has 0 bridgehead atoms. The minimum Gasteiger partial charge on any atom is -0.489 e. The molecule has 0 aliphatic heterocycles. The van der Waals surface area contributed by atoms with Crippen LogP contribution in [0.3, 0.4) is 0 Å². The van der Waals surface area contributed by atoms with Crippen LogP contribution in [0.25, 0.3) is 11.4 Å². The Morgan fingerprint density at radius 1 is 1.33 bits per heavy atom. The average Bonchev–Trinajstić information content (AvgIpc) is 3.41. The largest absolute Gasteiger partial charge is 0.489 e. The Bertz CT molecular complexity index is 1110. The first-order valence-electron chi connectivity index (χ1n) is 11.3.